The van der Waals surface area contributed by atoms with E-state index >= 15 is 0 Å². The van der Waals surface area contributed by atoms with Crippen LogP contribution in [0.5, 0.6) is 0 Å². The van der Waals surface area contributed by atoms with Crippen molar-refractivity contribution in [3.63, 3.8) is 0 Å². The second kappa shape index (κ2) is 10.1. The second-order valence-electron chi connectivity index (χ2n) is 8.72. The van der Waals surface area contributed by atoms with Crippen molar-refractivity contribution in [2.24, 2.45) is 5.92 Å². The second-order valence-corrected chi connectivity index (χ2v) is 10.2. The van der Waals surface area contributed by atoms with E-state index in [-0.39, 0.29) is 11.8 Å². The molecule has 0 bridgehead atoms. The Hall–Kier alpha value is -2.60. The van der Waals surface area contributed by atoms with Crippen LogP contribution in [0.3, 0.4) is 0 Å². The first-order valence-electron chi connectivity index (χ1n) is 11.5. The molecule has 33 heavy (non-hydrogen) atoms. The molecule has 0 spiro atoms. The number of hydrogen-bond donors (Lipinski definition) is 1. The quantitative estimate of drug-likeness (QED) is 0.358. The Labute approximate surface area is 203 Å². The molecule has 2 aromatic carbocycles. The van der Waals surface area contributed by atoms with Crippen LogP contribution in [-0.4, -0.2) is 28.5 Å². The molecule has 3 heterocycles. The number of rotatable bonds is 7. The van der Waals surface area contributed by atoms with Crippen LogP contribution in [0, 0.1) is 5.92 Å². The standard InChI is InChI=1S/C27H28ClN3OS/c28-25-9-3-1-7-22(25)18-31-23(16-21-6-2-4-10-26(21)31)19-30-13-11-20(12-14-30)27(32)29-17-24-8-5-15-33-24/h1-10,15-16,20H,11-14,17-19H2,(H,29,32). The zero-order chi connectivity index (χ0) is 22.6. The Morgan fingerprint density at radius 1 is 1.00 bits per heavy atom. The molecule has 1 aliphatic rings. The molecular weight excluding hydrogens is 450 g/mol. The highest BCUT2D eigenvalue weighted by atomic mass is 35.5. The van der Waals surface area contributed by atoms with Crippen LogP contribution in [0.25, 0.3) is 10.9 Å². The molecule has 1 fully saturated rings. The largest absolute Gasteiger partial charge is 0.351 e. The van der Waals surface area contributed by atoms with Gasteiger partial charge in [0.1, 0.15) is 0 Å². The third kappa shape index (κ3) is 5.16. The van der Waals surface area contributed by atoms with Gasteiger partial charge in [-0.05, 0) is 66.5 Å². The number of likely N-dealkylation sites (tertiary alicyclic amines) is 1. The SMILES string of the molecule is O=C(NCc1cccs1)C1CCN(Cc2cc3ccccc3n2Cc2ccccc2Cl)CC1. The predicted octanol–water partition coefficient (Wildman–Crippen LogP) is 5.93. The van der Waals surface area contributed by atoms with E-state index in [1.54, 1.807) is 11.3 Å². The maximum Gasteiger partial charge on any atom is 0.223 e. The van der Waals surface area contributed by atoms with Gasteiger partial charge in [0.2, 0.25) is 5.91 Å². The van der Waals surface area contributed by atoms with E-state index in [2.05, 4.69) is 57.2 Å². The number of nitrogens with one attached hydrogen (secondary N) is 1. The number of halogens is 1. The van der Waals surface area contributed by atoms with Crippen molar-refractivity contribution in [2.75, 3.05) is 13.1 Å². The number of carbonyl (C=O) groups excluding carboxylic acids is 1. The van der Waals surface area contributed by atoms with E-state index in [9.17, 15) is 4.79 Å². The van der Waals surface area contributed by atoms with Crippen LogP contribution < -0.4 is 5.32 Å². The van der Waals surface area contributed by atoms with Crippen molar-refractivity contribution in [1.29, 1.82) is 0 Å². The summed E-state index contributed by atoms with van der Waals surface area (Å²) in [6.45, 7) is 4.14. The summed E-state index contributed by atoms with van der Waals surface area (Å²) in [4.78, 5) is 16.3. The highest BCUT2D eigenvalue weighted by Crippen LogP contribution is 2.26. The predicted molar refractivity (Wildman–Crippen MR) is 137 cm³/mol. The van der Waals surface area contributed by atoms with Gasteiger partial charge in [-0.1, -0.05) is 54.1 Å². The molecule has 1 aliphatic heterocycles. The first-order chi connectivity index (χ1) is 16.2. The molecule has 1 saturated heterocycles. The molecule has 0 saturated carbocycles. The average Bonchev–Trinajstić information content (AvgIpc) is 3.48. The molecule has 170 valence electrons. The Bertz CT molecular complexity index is 1230. The minimum absolute atomic E-state index is 0.107. The molecular formula is C27H28ClN3OS. The number of hydrogen-bond acceptors (Lipinski definition) is 3. The normalized spacial score (nSPS) is 15.2. The number of carbonyl (C=O) groups is 1. The monoisotopic (exact) mass is 477 g/mol. The lowest BCUT2D eigenvalue weighted by molar-refractivity contribution is -0.126. The molecule has 4 aromatic rings. The molecule has 2 aromatic heterocycles. The number of nitrogens with zero attached hydrogens (tertiary/aromatic N) is 2. The maximum atomic E-state index is 12.6. The summed E-state index contributed by atoms with van der Waals surface area (Å²) >= 11 is 8.16. The molecule has 0 radical (unpaired) electrons. The highest BCUT2D eigenvalue weighted by Gasteiger charge is 2.25. The number of para-hydroxylation sites is 1. The fourth-order valence-electron chi connectivity index (χ4n) is 4.70. The van der Waals surface area contributed by atoms with Crippen molar-refractivity contribution >= 4 is 39.7 Å². The van der Waals surface area contributed by atoms with Gasteiger partial charge in [-0.2, -0.15) is 0 Å². The smallest absolute Gasteiger partial charge is 0.223 e. The van der Waals surface area contributed by atoms with Gasteiger partial charge < -0.3 is 9.88 Å². The molecule has 6 heteroatoms. The summed E-state index contributed by atoms with van der Waals surface area (Å²) in [5.41, 5.74) is 3.65. The van der Waals surface area contributed by atoms with Gasteiger partial charge in [-0.15, -0.1) is 11.3 Å². The van der Waals surface area contributed by atoms with Crippen LogP contribution in [0.1, 0.15) is 29.0 Å². The summed E-state index contributed by atoms with van der Waals surface area (Å²) in [7, 11) is 0. The van der Waals surface area contributed by atoms with Gasteiger partial charge >= 0.3 is 0 Å². The summed E-state index contributed by atoms with van der Waals surface area (Å²) in [5.74, 6) is 0.297. The number of piperidine rings is 1. The Morgan fingerprint density at radius 3 is 2.58 bits per heavy atom. The fourth-order valence-corrected chi connectivity index (χ4v) is 5.54. The molecule has 0 atom stereocenters. The molecule has 4 nitrogen and oxygen atoms in total. The number of benzene rings is 2. The van der Waals surface area contributed by atoms with Crippen molar-refractivity contribution in [1.82, 2.24) is 14.8 Å². The Kier molecular flexibility index (Phi) is 6.81. The van der Waals surface area contributed by atoms with Crippen molar-refractivity contribution in [2.45, 2.75) is 32.5 Å². The third-order valence-electron chi connectivity index (χ3n) is 6.54. The van der Waals surface area contributed by atoms with Gasteiger partial charge in [-0.3, -0.25) is 9.69 Å². The molecule has 1 N–H and O–H groups in total. The minimum atomic E-state index is 0.107. The van der Waals surface area contributed by atoms with Crippen LogP contribution in [0.15, 0.2) is 72.1 Å². The highest BCUT2D eigenvalue weighted by molar-refractivity contribution is 7.09. The topological polar surface area (TPSA) is 37.3 Å². The van der Waals surface area contributed by atoms with E-state index in [0.717, 1.165) is 49.6 Å². The zero-order valence-electron chi connectivity index (χ0n) is 18.5. The van der Waals surface area contributed by atoms with E-state index < -0.39 is 0 Å². The van der Waals surface area contributed by atoms with Crippen LogP contribution in [0.4, 0.5) is 0 Å². The Morgan fingerprint density at radius 2 is 1.79 bits per heavy atom. The van der Waals surface area contributed by atoms with E-state index in [1.807, 2.05) is 29.6 Å². The molecule has 5 rings (SSSR count). The average molecular weight is 478 g/mol. The Balaban J connectivity index is 1.25. The van der Waals surface area contributed by atoms with E-state index in [1.165, 1.54) is 21.5 Å². The van der Waals surface area contributed by atoms with Crippen molar-refractivity contribution in [3.05, 3.63) is 93.3 Å². The van der Waals surface area contributed by atoms with Crippen molar-refractivity contribution < 1.29 is 4.79 Å². The summed E-state index contributed by atoms with van der Waals surface area (Å²) in [6.07, 6.45) is 1.81. The summed E-state index contributed by atoms with van der Waals surface area (Å²) in [5, 5.41) is 7.22. The molecule has 0 aliphatic carbocycles. The summed E-state index contributed by atoms with van der Waals surface area (Å²) < 4.78 is 2.39. The van der Waals surface area contributed by atoms with Crippen LogP contribution >= 0.6 is 22.9 Å². The lowest BCUT2D eigenvalue weighted by atomic mass is 9.96. The molecule has 0 unspecified atom stereocenters. The van der Waals surface area contributed by atoms with Gasteiger partial charge in [0.25, 0.3) is 0 Å². The maximum absolute atomic E-state index is 12.6. The van der Waals surface area contributed by atoms with Crippen LogP contribution in [0.2, 0.25) is 5.02 Å². The summed E-state index contributed by atoms with van der Waals surface area (Å²) in [6, 6.07) is 23.0. The van der Waals surface area contributed by atoms with Crippen LogP contribution in [-0.2, 0) is 24.4 Å². The van der Waals surface area contributed by atoms with Gasteiger partial charge in [-0.25, -0.2) is 0 Å². The third-order valence-corrected chi connectivity index (χ3v) is 7.79. The first-order valence-corrected chi connectivity index (χ1v) is 12.8. The first kappa shape index (κ1) is 22.2. The fraction of sp³-hybridized carbons (Fsp3) is 0.296. The number of thiophene rings is 1. The van der Waals surface area contributed by atoms with Gasteiger partial charge in [0.05, 0.1) is 6.54 Å². The molecule has 1 amide bonds. The van der Waals surface area contributed by atoms with E-state index in [0.29, 0.717) is 6.54 Å². The number of amides is 1. The lowest BCUT2D eigenvalue weighted by Gasteiger charge is -2.31. The lowest BCUT2D eigenvalue weighted by Crippen LogP contribution is -2.40. The van der Waals surface area contributed by atoms with E-state index in [4.69, 9.17) is 11.6 Å². The number of aromatic nitrogens is 1. The minimum Gasteiger partial charge on any atom is -0.351 e. The van der Waals surface area contributed by atoms with Gasteiger partial charge in [0, 0.05) is 40.1 Å². The zero-order valence-corrected chi connectivity index (χ0v) is 20.1. The van der Waals surface area contributed by atoms with Crippen molar-refractivity contribution in [3.8, 4) is 0 Å². The number of fused-ring (bicyclic) bond motifs is 1. The van der Waals surface area contributed by atoms with Gasteiger partial charge in [0.15, 0.2) is 0 Å².